The topological polar surface area (TPSA) is 63.4 Å². The molecule has 4 nitrogen and oxygen atoms in total. The van der Waals surface area contributed by atoms with E-state index in [1.165, 1.54) is 4.31 Å². The second-order valence-corrected chi connectivity index (χ2v) is 6.45. The first-order chi connectivity index (χ1) is 7.88. The standard InChI is InChI=1S/C12H20N2O2S/c1-4-17(15,16)14(10(2)3)9-11-7-5-6-8-12(11)13/h5-8,10H,4,9,13H2,1-3H3. The number of anilines is 1. The Morgan fingerprint density at radius 3 is 2.35 bits per heavy atom. The summed E-state index contributed by atoms with van der Waals surface area (Å²) in [5, 5.41) is 0. The molecule has 0 unspecified atom stereocenters. The number of benzene rings is 1. The molecule has 1 aromatic carbocycles. The molecule has 0 aliphatic heterocycles. The zero-order valence-electron chi connectivity index (χ0n) is 10.6. The van der Waals surface area contributed by atoms with Gasteiger partial charge in [0, 0.05) is 18.3 Å². The highest BCUT2D eigenvalue weighted by Crippen LogP contribution is 2.18. The average Bonchev–Trinajstić information content (AvgIpc) is 2.27. The molecule has 0 aliphatic rings. The molecule has 0 amide bonds. The van der Waals surface area contributed by atoms with Crippen LogP contribution >= 0.6 is 0 Å². The van der Waals surface area contributed by atoms with Crippen molar-refractivity contribution in [3.05, 3.63) is 29.8 Å². The molecule has 17 heavy (non-hydrogen) atoms. The van der Waals surface area contributed by atoms with Crippen LogP contribution in [0.15, 0.2) is 24.3 Å². The fourth-order valence-corrected chi connectivity index (χ4v) is 2.92. The van der Waals surface area contributed by atoms with Gasteiger partial charge >= 0.3 is 0 Å². The van der Waals surface area contributed by atoms with E-state index in [0.29, 0.717) is 12.2 Å². The number of hydrogen-bond acceptors (Lipinski definition) is 3. The third kappa shape index (κ3) is 3.44. The third-order valence-electron chi connectivity index (χ3n) is 2.68. The molecular formula is C12H20N2O2S. The minimum absolute atomic E-state index is 0.0699. The average molecular weight is 256 g/mol. The summed E-state index contributed by atoms with van der Waals surface area (Å²) in [7, 11) is -3.20. The lowest BCUT2D eigenvalue weighted by Gasteiger charge is -2.25. The summed E-state index contributed by atoms with van der Waals surface area (Å²) < 4.78 is 25.4. The van der Waals surface area contributed by atoms with Gasteiger partial charge in [-0.05, 0) is 32.4 Å². The zero-order chi connectivity index (χ0) is 13.1. The van der Waals surface area contributed by atoms with Crippen LogP contribution in [0.1, 0.15) is 26.3 Å². The van der Waals surface area contributed by atoms with E-state index in [1.807, 2.05) is 32.0 Å². The van der Waals surface area contributed by atoms with Crippen LogP contribution in [-0.4, -0.2) is 24.5 Å². The van der Waals surface area contributed by atoms with Crippen molar-refractivity contribution in [3.63, 3.8) is 0 Å². The van der Waals surface area contributed by atoms with Gasteiger partial charge in [-0.1, -0.05) is 18.2 Å². The number of nitrogens with zero attached hydrogens (tertiary/aromatic N) is 1. The molecule has 0 atom stereocenters. The van der Waals surface area contributed by atoms with Crippen molar-refractivity contribution < 1.29 is 8.42 Å². The van der Waals surface area contributed by atoms with Crippen LogP contribution in [-0.2, 0) is 16.6 Å². The molecule has 0 aromatic heterocycles. The van der Waals surface area contributed by atoms with E-state index in [4.69, 9.17) is 5.73 Å². The van der Waals surface area contributed by atoms with Gasteiger partial charge in [0.25, 0.3) is 0 Å². The summed E-state index contributed by atoms with van der Waals surface area (Å²) in [5.41, 5.74) is 7.31. The summed E-state index contributed by atoms with van der Waals surface area (Å²) in [5.74, 6) is 0.109. The Hall–Kier alpha value is -1.07. The van der Waals surface area contributed by atoms with Gasteiger partial charge in [0.2, 0.25) is 10.0 Å². The van der Waals surface area contributed by atoms with Gasteiger partial charge in [0.15, 0.2) is 0 Å². The second kappa shape index (κ2) is 5.51. The summed E-state index contributed by atoms with van der Waals surface area (Å²) in [6.07, 6.45) is 0. The molecule has 0 saturated heterocycles. The number of para-hydroxylation sites is 1. The Morgan fingerprint density at radius 1 is 1.29 bits per heavy atom. The van der Waals surface area contributed by atoms with Gasteiger partial charge in [0.05, 0.1) is 5.75 Å². The molecule has 0 fully saturated rings. The highest BCUT2D eigenvalue weighted by Gasteiger charge is 2.23. The number of nitrogen functional groups attached to an aromatic ring is 1. The highest BCUT2D eigenvalue weighted by atomic mass is 32.2. The minimum atomic E-state index is -3.20. The lowest BCUT2D eigenvalue weighted by atomic mass is 10.2. The van der Waals surface area contributed by atoms with E-state index in [9.17, 15) is 8.42 Å². The molecule has 1 aromatic rings. The van der Waals surface area contributed by atoms with Gasteiger partial charge < -0.3 is 5.73 Å². The van der Waals surface area contributed by atoms with Crippen molar-refractivity contribution in [1.29, 1.82) is 0 Å². The fourth-order valence-electron chi connectivity index (χ4n) is 1.61. The van der Waals surface area contributed by atoms with E-state index < -0.39 is 10.0 Å². The first-order valence-electron chi connectivity index (χ1n) is 5.71. The maximum atomic E-state index is 11.9. The van der Waals surface area contributed by atoms with E-state index in [1.54, 1.807) is 13.0 Å². The van der Waals surface area contributed by atoms with Crippen molar-refractivity contribution in [2.24, 2.45) is 0 Å². The summed E-state index contributed by atoms with van der Waals surface area (Å²) in [4.78, 5) is 0. The van der Waals surface area contributed by atoms with Crippen molar-refractivity contribution in [3.8, 4) is 0 Å². The predicted octanol–water partition coefficient (Wildman–Crippen LogP) is 1.83. The predicted molar refractivity (Wildman–Crippen MR) is 71.0 cm³/mol. The van der Waals surface area contributed by atoms with Gasteiger partial charge in [-0.3, -0.25) is 0 Å². The second-order valence-electron chi connectivity index (χ2n) is 4.24. The van der Waals surface area contributed by atoms with Crippen LogP contribution in [0.25, 0.3) is 0 Å². The Labute approximate surface area is 103 Å². The molecule has 96 valence electrons. The van der Waals surface area contributed by atoms with Crippen LogP contribution in [0.5, 0.6) is 0 Å². The Balaban J connectivity index is 3.01. The molecule has 0 bridgehead atoms. The van der Waals surface area contributed by atoms with Crippen molar-refractivity contribution in [1.82, 2.24) is 4.31 Å². The molecule has 0 aliphatic carbocycles. The van der Waals surface area contributed by atoms with E-state index in [-0.39, 0.29) is 11.8 Å². The summed E-state index contributed by atoms with van der Waals surface area (Å²) in [6, 6.07) is 7.28. The van der Waals surface area contributed by atoms with Gasteiger partial charge in [0.1, 0.15) is 0 Å². The molecule has 0 heterocycles. The minimum Gasteiger partial charge on any atom is -0.398 e. The maximum absolute atomic E-state index is 11.9. The van der Waals surface area contributed by atoms with Gasteiger partial charge in [-0.15, -0.1) is 0 Å². The maximum Gasteiger partial charge on any atom is 0.214 e. The van der Waals surface area contributed by atoms with Crippen LogP contribution in [0.4, 0.5) is 5.69 Å². The Morgan fingerprint density at radius 2 is 1.88 bits per heavy atom. The third-order valence-corrected chi connectivity index (χ3v) is 4.67. The lowest BCUT2D eigenvalue weighted by Crippen LogP contribution is -2.37. The van der Waals surface area contributed by atoms with Crippen LogP contribution in [0.3, 0.4) is 0 Å². The Kier molecular flexibility index (Phi) is 4.54. The molecule has 0 spiro atoms. The lowest BCUT2D eigenvalue weighted by molar-refractivity contribution is 0.349. The van der Waals surface area contributed by atoms with Crippen molar-refractivity contribution >= 4 is 15.7 Å². The molecule has 5 heteroatoms. The van der Waals surface area contributed by atoms with Gasteiger partial charge in [-0.25, -0.2) is 8.42 Å². The van der Waals surface area contributed by atoms with Crippen molar-refractivity contribution in [2.75, 3.05) is 11.5 Å². The Bertz CT molecular complexity index is 469. The molecule has 2 N–H and O–H groups in total. The molecular weight excluding hydrogens is 236 g/mol. The first-order valence-corrected chi connectivity index (χ1v) is 7.32. The van der Waals surface area contributed by atoms with E-state index in [0.717, 1.165) is 5.56 Å². The van der Waals surface area contributed by atoms with Gasteiger partial charge in [-0.2, -0.15) is 4.31 Å². The number of nitrogens with two attached hydrogens (primary N) is 1. The normalized spacial score (nSPS) is 12.3. The van der Waals surface area contributed by atoms with E-state index in [2.05, 4.69) is 0 Å². The largest absolute Gasteiger partial charge is 0.398 e. The molecule has 0 radical (unpaired) electrons. The SMILES string of the molecule is CCS(=O)(=O)N(Cc1ccccc1N)C(C)C. The zero-order valence-corrected chi connectivity index (χ0v) is 11.4. The van der Waals surface area contributed by atoms with E-state index >= 15 is 0 Å². The smallest absolute Gasteiger partial charge is 0.214 e. The molecule has 1 rings (SSSR count). The fraction of sp³-hybridized carbons (Fsp3) is 0.500. The number of hydrogen-bond donors (Lipinski definition) is 1. The number of rotatable bonds is 5. The van der Waals surface area contributed by atoms with Crippen LogP contribution in [0.2, 0.25) is 0 Å². The van der Waals surface area contributed by atoms with Crippen LogP contribution in [0, 0.1) is 0 Å². The number of sulfonamides is 1. The monoisotopic (exact) mass is 256 g/mol. The summed E-state index contributed by atoms with van der Waals surface area (Å²) in [6.45, 7) is 5.72. The molecule has 0 saturated carbocycles. The quantitative estimate of drug-likeness (QED) is 0.817. The van der Waals surface area contributed by atoms with Crippen LogP contribution < -0.4 is 5.73 Å². The summed E-state index contributed by atoms with van der Waals surface area (Å²) >= 11 is 0. The highest BCUT2D eigenvalue weighted by molar-refractivity contribution is 7.89. The first kappa shape index (κ1) is 14.0. The van der Waals surface area contributed by atoms with Crippen molar-refractivity contribution in [2.45, 2.75) is 33.4 Å².